The lowest BCUT2D eigenvalue weighted by Crippen LogP contribution is -2.34. The zero-order valence-electron chi connectivity index (χ0n) is 17.6. The number of nitrogens with zero attached hydrogens (tertiary/aromatic N) is 2. The van der Waals surface area contributed by atoms with Gasteiger partial charge < -0.3 is 5.11 Å². The summed E-state index contributed by atoms with van der Waals surface area (Å²) < 4.78 is 0. The number of benzene rings is 1. The highest BCUT2D eigenvalue weighted by Gasteiger charge is 2.19. The molecule has 0 spiro atoms. The molecule has 3 nitrogen and oxygen atoms in total. The molecule has 29 heavy (non-hydrogen) atoms. The molecule has 1 aliphatic rings. The van der Waals surface area contributed by atoms with E-state index >= 15 is 0 Å². The highest BCUT2D eigenvalue weighted by atomic mass is 16.3. The van der Waals surface area contributed by atoms with Gasteiger partial charge in [-0.15, -0.1) is 0 Å². The van der Waals surface area contributed by atoms with Crippen molar-refractivity contribution in [2.24, 2.45) is 5.92 Å². The second-order valence-electron chi connectivity index (χ2n) is 8.08. The van der Waals surface area contributed by atoms with Gasteiger partial charge in [0.1, 0.15) is 0 Å². The zero-order chi connectivity index (χ0) is 20.6. The Balaban J connectivity index is 1.51. The molecule has 2 heterocycles. The van der Waals surface area contributed by atoms with Gasteiger partial charge in [-0.2, -0.15) is 0 Å². The van der Waals surface area contributed by atoms with E-state index in [0.29, 0.717) is 0 Å². The summed E-state index contributed by atoms with van der Waals surface area (Å²) in [6.45, 7) is 10.8. The third-order valence-corrected chi connectivity index (χ3v) is 5.62. The monoisotopic (exact) mass is 388 g/mol. The summed E-state index contributed by atoms with van der Waals surface area (Å²) in [5.74, 6) is 1.06. The lowest BCUT2D eigenvalue weighted by atomic mass is 9.90. The number of pyridine rings is 1. The standard InChI is InChI=1S/C26H32N2O/c1-4-24(10-7-21(3)29)25-11-12-26(27-18-25)19-28-15-13-23(14-16-28)17-22-8-5-20(2)6-9-22/h4-12,18,23,29H,1,13-17,19H2,2-3H3/b21-7+,24-10+. The van der Waals surface area contributed by atoms with Crippen LogP contribution in [0.25, 0.3) is 5.57 Å². The van der Waals surface area contributed by atoms with E-state index in [-0.39, 0.29) is 5.76 Å². The Hall–Kier alpha value is -2.65. The van der Waals surface area contributed by atoms with Crippen molar-refractivity contribution in [1.82, 2.24) is 9.88 Å². The molecule has 0 radical (unpaired) electrons. The Morgan fingerprint density at radius 3 is 2.45 bits per heavy atom. The predicted octanol–water partition coefficient (Wildman–Crippen LogP) is 5.88. The molecule has 0 bridgehead atoms. The molecular formula is C26H32N2O. The summed E-state index contributed by atoms with van der Waals surface area (Å²) in [4.78, 5) is 7.16. The molecule has 0 amide bonds. The smallest absolute Gasteiger partial charge is 0.0891 e. The number of hydrogen-bond donors (Lipinski definition) is 1. The first kappa shape index (κ1) is 21.1. The number of aliphatic hydroxyl groups excluding tert-OH is 1. The van der Waals surface area contributed by atoms with Crippen molar-refractivity contribution in [2.75, 3.05) is 13.1 Å². The van der Waals surface area contributed by atoms with Crippen LogP contribution in [0, 0.1) is 12.8 Å². The summed E-state index contributed by atoms with van der Waals surface area (Å²) in [6, 6.07) is 13.2. The molecule has 1 saturated heterocycles. The Morgan fingerprint density at radius 2 is 1.86 bits per heavy atom. The van der Waals surface area contributed by atoms with Gasteiger partial charge in [0.15, 0.2) is 0 Å². The van der Waals surface area contributed by atoms with Crippen molar-refractivity contribution in [3.05, 3.63) is 95.5 Å². The largest absolute Gasteiger partial charge is 0.513 e. The Bertz CT molecular complexity index is 851. The van der Waals surface area contributed by atoms with Crippen LogP contribution in [-0.4, -0.2) is 28.1 Å². The van der Waals surface area contributed by atoms with E-state index in [1.807, 2.05) is 12.3 Å². The molecule has 1 aliphatic heterocycles. The number of aliphatic hydroxyl groups is 1. The van der Waals surface area contributed by atoms with Crippen LogP contribution in [0.4, 0.5) is 0 Å². The molecule has 3 rings (SSSR count). The van der Waals surface area contributed by atoms with Gasteiger partial charge in [0.05, 0.1) is 11.5 Å². The first-order valence-electron chi connectivity index (χ1n) is 10.5. The summed E-state index contributed by atoms with van der Waals surface area (Å²) in [5, 5.41) is 9.34. The number of aromatic nitrogens is 1. The van der Waals surface area contributed by atoms with E-state index in [4.69, 9.17) is 0 Å². The normalized spacial score (nSPS) is 16.8. The third-order valence-electron chi connectivity index (χ3n) is 5.62. The maximum Gasteiger partial charge on any atom is 0.0891 e. The molecule has 0 saturated carbocycles. The van der Waals surface area contributed by atoms with Crippen LogP contribution < -0.4 is 0 Å². The summed E-state index contributed by atoms with van der Waals surface area (Å²) >= 11 is 0. The predicted molar refractivity (Wildman–Crippen MR) is 122 cm³/mol. The highest BCUT2D eigenvalue weighted by molar-refractivity contribution is 5.74. The second kappa shape index (κ2) is 10.2. The van der Waals surface area contributed by atoms with Crippen LogP contribution in [0.1, 0.15) is 42.1 Å². The van der Waals surface area contributed by atoms with Gasteiger partial charge in [0.25, 0.3) is 0 Å². The Labute approximate surface area is 175 Å². The zero-order valence-corrected chi connectivity index (χ0v) is 17.6. The summed E-state index contributed by atoms with van der Waals surface area (Å²) in [7, 11) is 0. The maximum absolute atomic E-state index is 9.34. The molecular weight excluding hydrogens is 356 g/mol. The van der Waals surface area contributed by atoms with Gasteiger partial charge >= 0.3 is 0 Å². The fourth-order valence-corrected chi connectivity index (χ4v) is 3.82. The fraction of sp³-hybridized carbons (Fsp3) is 0.346. The van der Waals surface area contributed by atoms with E-state index in [9.17, 15) is 5.11 Å². The number of allylic oxidation sites excluding steroid dienone is 5. The SMILES string of the molecule is C=C/C(=C\C=C(/C)O)c1ccc(CN2CCC(Cc3ccc(C)cc3)CC2)nc1. The van der Waals surface area contributed by atoms with E-state index in [1.54, 1.807) is 19.1 Å². The average Bonchev–Trinajstić information content (AvgIpc) is 2.72. The van der Waals surface area contributed by atoms with Crippen molar-refractivity contribution in [3.63, 3.8) is 0 Å². The van der Waals surface area contributed by atoms with Gasteiger partial charge in [-0.05, 0) is 81.0 Å². The van der Waals surface area contributed by atoms with Crippen molar-refractivity contribution in [1.29, 1.82) is 0 Å². The number of hydrogen-bond acceptors (Lipinski definition) is 3. The molecule has 1 aromatic heterocycles. The van der Waals surface area contributed by atoms with Crippen molar-refractivity contribution in [2.45, 2.75) is 39.7 Å². The minimum absolute atomic E-state index is 0.278. The third kappa shape index (κ3) is 6.43. The Kier molecular flexibility index (Phi) is 7.42. The molecule has 0 atom stereocenters. The first-order valence-corrected chi connectivity index (χ1v) is 10.5. The highest BCUT2D eigenvalue weighted by Crippen LogP contribution is 2.23. The van der Waals surface area contributed by atoms with Gasteiger partial charge in [-0.1, -0.05) is 54.6 Å². The van der Waals surface area contributed by atoms with Gasteiger partial charge in [-0.3, -0.25) is 9.88 Å². The molecule has 152 valence electrons. The fourth-order valence-electron chi connectivity index (χ4n) is 3.82. The average molecular weight is 389 g/mol. The number of piperidine rings is 1. The van der Waals surface area contributed by atoms with Gasteiger partial charge in [0.2, 0.25) is 0 Å². The van der Waals surface area contributed by atoms with Crippen molar-refractivity contribution < 1.29 is 5.11 Å². The number of rotatable bonds is 7. The van der Waals surface area contributed by atoms with Gasteiger partial charge in [0, 0.05) is 12.7 Å². The van der Waals surface area contributed by atoms with Crippen LogP contribution in [-0.2, 0) is 13.0 Å². The lowest BCUT2D eigenvalue weighted by molar-refractivity contribution is 0.175. The first-order chi connectivity index (χ1) is 14.0. The minimum atomic E-state index is 0.278. The van der Waals surface area contributed by atoms with Crippen LogP contribution >= 0.6 is 0 Å². The second-order valence-corrected chi connectivity index (χ2v) is 8.08. The summed E-state index contributed by atoms with van der Waals surface area (Å²) in [5.41, 5.74) is 5.86. The van der Waals surface area contributed by atoms with Gasteiger partial charge in [-0.25, -0.2) is 0 Å². The molecule has 3 heteroatoms. The van der Waals surface area contributed by atoms with Crippen molar-refractivity contribution in [3.8, 4) is 0 Å². The molecule has 1 fully saturated rings. The minimum Gasteiger partial charge on any atom is -0.513 e. The maximum atomic E-state index is 9.34. The van der Waals surface area contributed by atoms with E-state index in [1.165, 1.54) is 30.4 Å². The molecule has 0 aliphatic carbocycles. The number of likely N-dealkylation sites (tertiary alicyclic amines) is 1. The lowest BCUT2D eigenvalue weighted by Gasteiger charge is -2.31. The summed E-state index contributed by atoms with van der Waals surface area (Å²) in [6.07, 6.45) is 10.9. The van der Waals surface area contributed by atoms with Crippen LogP contribution in [0.2, 0.25) is 0 Å². The van der Waals surface area contributed by atoms with Crippen LogP contribution in [0.3, 0.4) is 0 Å². The van der Waals surface area contributed by atoms with Crippen molar-refractivity contribution >= 4 is 5.57 Å². The van der Waals surface area contributed by atoms with E-state index in [2.05, 4.69) is 59.8 Å². The van der Waals surface area contributed by atoms with E-state index < -0.39 is 0 Å². The number of aryl methyl sites for hydroxylation is 1. The molecule has 2 aromatic rings. The van der Waals surface area contributed by atoms with Crippen LogP contribution in [0.5, 0.6) is 0 Å². The topological polar surface area (TPSA) is 36.4 Å². The quantitative estimate of drug-likeness (QED) is 0.475. The van der Waals surface area contributed by atoms with Crippen LogP contribution in [0.15, 0.2) is 73.2 Å². The van der Waals surface area contributed by atoms with E-state index in [0.717, 1.165) is 42.4 Å². The molecule has 0 unspecified atom stereocenters. The Morgan fingerprint density at radius 1 is 1.14 bits per heavy atom. The molecule has 1 N–H and O–H groups in total. The molecule has 1 aromatic carbocycles.